The second kappa shape index (κ2) is 3.40. The summed E-state index contributed by atoms with van der Waals surface area (Å²) in [6, 6.07) is 0. The third kappa shape index (κ3) is 3.03. The molecule has 2 nitrogen and oxygen atoms in total. The van der Waals surface area contributed by atoms with E-state index in [0.717, 1.165) is 0 Å². The first-order chi connectivity index (χ1) is 3.31. The van der Waals surface area contributed by atoms with Gasteiger partial charge in [0.25, 0.3) is 0 Å². The first-order valence-electron chi connectivity index (χ1n) is 2.09. The Labute approximate surface area is 43.2 Å². The number of allylic oxidation sites excluding steroid dienone is 1. The molecule has 0 bridgehead atoms. The summed E-state index contributed by atoms with van der Waals surface area (Å²) in [4.78, 5) is 0. The van der Waals surface area contributed by atoms with Crippen LogP contribution in [0.25, 0.3) is 0 Å². The van der Waals surface area contributed by atoms with Gasteiger partial charge in [-0.05, 0) is 6.92 Å². The highest BCUT2D eigenvalue weighted by Crippen LogP contribution is 1.82. The molecule has 40 valence electrons. The van der Waals surface area contributed by atoms with Gasteiger partial charge < -0.3 is 5.21 Å². The molecule has 0 saturated heterocycles. The number of hydrogen-bond acceptors (Lipinski definition) is 2. The van der Waals surface area contributed by atoms with Crippen LogP contribution in [0.2, 0.25) is 0 Å². The lowest BCUT2D eigenvalue weighted by molar-refractivity contribution is 0.318. The fourth-order valence-electron chi connectivity index (χ4n) is 0.250. The van der Waals surface area contributed by atoms with Crippen LogP contribution in [0.4, 0.5) is 0 Å². The van der Waals surface area contributed by atoms with Crippen molar-refractivity contribution in [1.29, 1.82) is 0 Å². The Bertz CT molecular complexity index is 86.1. The molecule has 0 radical (unpaired) electrons. The molecular weight excluding hydrogens is 90.1 g/mol. The van der Waals surface area contributed by atoms with E-state index < -0.39 is 0 Å². The van der Waals surface area contributed by atoms with Crippen molar-refractivity contribution in [2.75, 3.05) is 0 Å². The van der Waals surface area contributed by atoms with Crippen LogP contribution in [0.15, 0.2) is 17.8 Å². The van der Waals surface area contributed by atoms with Gasteiger partial charge in [-0.1, -0.05) is 11.2 Å². The van der Waals surface area contributed by atoms with Crippen LogP contribution in [-0.4, -0.2) is 10.9 Å². The van der Waals surface area contributed by atoms with Crippen LogP contribution >= 0.6 is 0 Å². The standard InChI is InChI=1S/C5H9NO/c1-3-4-5(2)6-7/h3,7H,1,4H2,2H3. The highest BCUT2D eigenvalue weighted by atomic mass is 16.4. The minimum Gasteiger partial charge on any atom is -0.411 e. The SMILES string of the molecule is C=CCC(C)=NO. The van der Waals surface area contributed by atoms with E-state index in [4.69, 9.17) is 5.21 Å². The predicted octanol–water partition coefficient (Wildman–Crippen LogP) is 1.41. The Morgan fingerprint density at radius 2 is 2.57 bits per heavy atom. The molecule has 0 aromatic rings. The highest BCUT2D eigenvalue weighted by Gasteiger charge is 1.80. The summed E-state index contributed by atoms with van der Waals surface area (Å²) in [7, 11) is 0. The quantitative estimate of drug-likeness (QED) is 0.241. The zero-order valence-corrected chi connectivity index (χ0v) is 4.39. The summed E-state index contributed by atoms with van der Waals surface area (Å²) in [6.07, 6.45) is 2.35. The molecule has 0 heterocycles. The Kier molecular flexibility index (Phi) is 3.02. The average Bonchev–Trinajstić information content (AvgIpc) is 1.68. The Morgan fingerprint density at radius 3 is 2.71 bits per heavy atom. The maximum Gasteiger partial charge on any atom is 0.0577 e. The molecule has 0 amide bonds. The monoisotopic (exact) mass is 99.1 g/mol. The second-order valence-electron chi connectivity index (χ2n) is 1.33. The van der Waals surface area contributed by atoms with Gasteiger partial charge in [-0.15, -0.1) is 6.58 Å². The van der Waals surface area contributed by atoms with E-state index in [-0.39, 0.29) is 0 Å². The zero-order chi connectivity index (χ0) is 5.70. The number of oxime groups is 1. The summed E-state index contributed by atoms with van der Waals surface area (Å²) in [6.45, 7) is 5.19. The van der Waals surface area contributed by atoms with E-state index in [9.17, 15) is 0 Å². The first kappa shape index (κ1) is 6.21. The lowest BCUT2D eigenvalue weighted by Gasteiger charge is -1.84. The predicted molar refractivity (Wildman–Crippen MR) is 29.7 cm³/mol. The van der Waals surface area contributed by atoms with Crippen LogP contribution in [0.5, 0.6) is 0 Å². The molecule has 0 fully saturated rings. The van der Waals surface area contributed by atoms with E-state index >= 15 is 0 Å². The Balaban J connectivity index is 3.36. The molecule has 0 aliphatic carbocycles. The number of hydrogen-bond donors (Lipinski definition) is 1. The molecule has 7 heavy (non-hydrogen) atoms. The summed E-state index contributed by atoms with van der Waals surface area (Å²) < 4.78 is 0. The Morgan fingerprint density at radius 1 is 2.00 bits per heavy atom. The minimum absolute atomic E-state index is 0.663. The van der Waals surface area contributed by atoms with Gasteiger partial charge in [0, 0.05) is 6.42 Å². The van der Waals surface area contributed by atoms with Crippen LogP contribution < -0.4 is 0 Å². The van der Waals surface area contributed by atoms with E-state index in [1.807, 2.05) is 0 Å². The van der Waals surface area contributed by atoms with Gasteiger partial charge in [0.2, 0.25) is 0 Å². The second-order valence-corrected chi connectivity index (χ2v) is 1.33. The summed E-state index contributed by atoms with van der Waals surface area (Å²) in [5.74, 6) is 0. The molecule has 2 heteroatoms. The first-order valence-corrected chi connectivity index (χ1v) is 2.09. The third-order valence-electron chi connectivity index (χ3n) is 0.610. The fourth-order valence-corrected chi connectivity index (χ4v) is 0.250. The molecule has 1 N–H and O–H groups in total. The van der Waals surface area contributed by atoms with Gasteiger partial charge in [-0.3, -0.25) is 0 Å². The van der Waals surface area contributed by atoms with Crippen molar-refractivity contribution < 1.29 is 5.21 Å². The Hall–Kier alpha value is -0.790. The van der Waals surface area contributed by atoms with Crippen LogP contribution in [0, 0.1) is 0 Å². The molecule has 0 aliphatic rings. The van der Waals surface area contributed by atoms with E-state index in [1.165, 1.54) is 0 Å². The average molecular weight is 99.1 g/mol. The third-order valence-corrected chi connectivity index (χ3v) is 0.610. The van der Waals surface area contributed by atoms with Crippen LogP contribution in [0.1, 0.15) is 13.3 Å². The normalized spacial score (nSPS) is 11.3. The van der Waals surface area contributed by atoms with Crippen LogP contribution in [0.3, 0.4) is 0 Å². The molecular formula is C5H9NO. The van der Waals surface area contributed by atoms with Gasteiger partial charge >= 0.3 is 0 Å². The number of nitrogens with zero attached hydrogens (tertiary/aromatic N) is 1. The van der Waals surface area contributed by atoms with E-state index in [2.05, 4.69) is 11.7 Å². The van der Waals surface area contributed by atoms with Gasteiger partial charge in [0.05, 0.1) is 5.71 Å². The van der Waals surface area contributed by atoms with E-state index in [0.29, 0.717) is 12.1 Å². The zero-order valence-electron chi connectivity index (χ0n) is 4.39. The summed E-state index contributed by atoms with van der Waals surface area (Å²) in [5, 5.41) is 10.9. The number of rotatable bonds is 2. The lowest BCUT2D eigenvalue weighted by Crippen LogP contribution is -1.85. The van der Waals surface area contributed by atoms with Crippen molar-refractivity contribution in [2.24, 2.45) is 5.16 Å². The molecule has 0 spiro atoms. The van der Waals surface area contributed by atoms with Crippen LogP contribution in [-0.2, 0) is 0 Å². The smallest absolute Gasteiger partial charge is 0.0577 e. The van der Waals surface area contributed by atoms with Crippen molar-refractivity contribution in [3.63, 3.8) is 0 Å². The molecule has 0 saturated carbocycles. The minimum atomic E-state index is 0.663. The van der Waals surface area contributed by atoms with Gasteiger partial charge in [0.1, 0.15) is 0 Å². The molecule has 0 aromatic carbocycles. The molecule has 0 unspecified atom stereocenters. The molecule has 0 atom stereocenters. The maximum absolute atomic E-state index is 8.01. The topological polar surface area (TPSA) is 32.6 Å². The highest BCUT2D eigenvalue weighted by molar-refractivity contribution is 5.82. The molecule has 0 aliphatic heterocycles. The van der Waals surface area contributed by atoms with Gasteiger partial charge in [0.15, 0.2) is 0 Å². The lowest BCUT2D eigenvalue weighted by atomic mass is 10.3. The van der Waals surface area contributed by atoms with Gasteiger partial charge in [-0.2, -0.15) is 0 Å². The van der Waals surface area contributed by atoms with Crippen molar-refractivity contribution in [2.45, 2.75) is 13.3 Å². The molecule has 0 aromatic heterocycles. The maximum atomic E-state index is 8.01. The summed E-state index contributed by atoms with van der Waals surface area (Å²) >= 11 is 0. The van der Waals surface area contributed by atoms with Crippen molar-refractivity contribution in [3.8, 4) is 0 Å². The van der Waals surface area contributed by atoms with Crippen molar-refractivity contribution >= 4 is 5.71 Å². The largest absolute Gasteiger partial charge is 0.411 e. The van der Waals surface area contributed by atoms with Crippen molar-refractivity contribution in [1.82, 2.24) is 0 Å². The fraction of sp³-hybridized carbons (Fsp3) is 0.400. The van der Waals surface area contributed by atoms with Gasteiger partial charge in [-0.25, -0.2) is 0 Å². The summed E-state index contributed by atoms with van der Waals surface area (Å²) in [5.41, 5.74) is 0.690. The van der Waals surface area contributed by atoms with Crippen molar-refractivity contribution in [3.05, 3.63) is 12.7 Å². The van der Waals surface area contributed by atoms with E-state index in [1.54, 1.807) is 13.0 Å². The molecule has 0 rings (SSSR count).